The number of carbonyl (C=O) groups is 1. The van der Waals surface area contributed by atoms with Crippen molar-refractivity contribution in [3.63, 3.8) is 0 Å². The number of Topliss-reactive ketones (excluding diaryl/α,β-unsaturated/α-hetero) is 1. The molecule has 0 spiro atoms. The van der Waals surface area contributed by atoms with Crippen LogP contribution in [0.3, 0.4) is 0 Å². The second kappa shape index (κ2) is 14.7. The van der Waals surface area contributed by atoms with Crippen molar-refractivity contribution in [2.24, 2.45) is 5.92 Å². The molecule has 0 aliphatic carbocycles. The molecule has 2 aromatic heterocycles. The maximum atomic E-state index is 14.3. The van der Waals surface area contributed by atoms with Gasteiger partial charge in [-0.2, -0.15) is 10.2 Å². The maximum absolute atomic E-state index is 14.3. The van der Waals surface area contributed by atoms with E-state index in [9.17, 15) is 9.90 Å². The van der Waals surface area contributed by atoms with E-state index in [4.69, 9.17) is 14.9 Å². The molecule has 0 fully saturated rings. The zero-order valence-corrected chi connectivity index (χ0v) is 33.7. The van der Waals surface area contributed by atoms with Crippen molar-refractivity contribution in [3.8, 4) is 0 Å². The molecule has 4 atom stereocenters. The molecule has 1 N–H and O–H groups in total. The van der Waals surface area contributed by atoms with E-state index in [1.165, 1.54) is 0 Å². The van der Waals surface area contributed by atoms with Gasteiger partial charge in [0.2, 0.25) is 5.79 Å². The van der Waals surface area contributed by atoms with Crippen molar-refractivity contribution in [2.75, 3.05) is 0 Å². The molecule has 3 aromatic carbocycles. The molecule has 3 heterocycles. The molecule has 0 amide bonds. The summed E-state index contributed by atoms with van der Waals surface area (Å²) in [5.41, 5.74) is 5.74. The molecule has 5 aromatic rings. The summed E-state index contributed by atoms with van der Waals surface area (Å²) in [5.74, 6) is -2.69. The fourth-order valence-electron chi connectivity index (χ4n) is 6.76. The Labute approximate surface area is 322 Å². The van der Waals surface area contributed by atoms with Crippen LogP contribution in [0.5, 0.6) is 0 Å². The Hall–Kier alpha value is -2.56. The third-order valence-electron chi connectivity index (χ3n) is 9.20. The van der Waals surface area contributed by atoms with Gasteiger partial charge in [0, 0.05) is 82.6 Å². The number of aryl methyl sites for hydroxylation is 4. The number of halogens is 3. The van der Waals surface area contributed by atoms with Crippen LogP contribution in [0.25, 0.3) is 5.76 Å². The highest BCUT2D eigenvalue weighted by molar-refractivity contribution is 14.1. The summed E-state index contributed by atoms with van der Waals surface area (Å²) in [6, 6.07) is 23.6. The molecule has 7 nitrogen and oxygen atoms in total. The molecule has 0 saturated carbocycles. The van der Waals surface area contributed by atoms with Crippen LogP contribution in [-0.4, -0.2) is 30.5 Å². The van der Waals surface area contributed by atoms with Gasteiger partial charge in [0.1, 0.15) is 5.76 Å². The minimum Gasteiger partial charge on any atom is -0.458 e. The fourth-order valence-corrected chi connectivity index (χ4v) is 7.84. The highest BCUT2D eigenvalue weighted by Gasteiger charge is 2.54. The van der Waals surface area contributed by atoms with E-state index in [0.717, 1.165) is 38.8 Å². The van der Waals surface area contributed by atoms with Crippen molar-refractivity contribution in [2.45, 2.75) is 64.8 Å². The summed E-state index contributed by atoms with van der Waals surface area (Å²) >= 11 is 6.82. The first-order chi connectivity index (χ1) is 23.0. The van der Waals surface area contributed by atoms with E-state index in [-0.39, 0.29) is 18.1 Å². The third kappa shape index (κ3) is 7.17. The quantitative estimate of drug-likeness (QED) is 0.112. The van der Waals surface area contributed by atoms with Gasteiger partial charge in [0.25, 0.3) is 0 Å². The van der Waals surface area contributed by atoms with Gasteiger partial charge in [0.05, 0.1) is 11.4 Å². The Morgan fingerprint density at radius 2 is 1.38 bits per heavy atom. The average molecular weight is 978 g/mol. The van der Waals surface area contributed by atoms with Crippen LogP contribution in [0.2, 0.25) is 0 Å². The van der Waals surface area contributed by atoms with Crippen LogP contribution in [0.15, 0.2) is 91.3 Å². The molecule has 0 unspecified atom stereocenters. The first-order valence-electron chi connectivity index (χ1n) is 16.0. The SMILES string of the molecule is CCn1cc([C@@H]2C=C(c3ccc(I)cc3)O[C@@](O)(c3ccc(I)cc3)[C@@H]2[C@@H](CC(=O)c2ccc(I)cc2)c2cn(CC)nc2C)c(C)n1. The van der Waals surface area contributed by atoms with Crippen LogP contribution in [0.1, 0.15) is 76.1 Å². The Morgan fingerprint density at radius 1 is 0.833 bits per heavy atom. The molecular weight excluding hydrogens is 941 g/mol. The van der Waals surface area contributed by atoms with Gasteiger partial charge in [0.15, 0.2) is 5.78 Å². The number of hydrogen-bond donors (Lipinski definition) is 1. The molecule has 0 saturated heterocycles. The van der Waals surface area contributed by atoms with E-state index >= 15 is 0 Å². The first-order valence-corrected chi connectivity index (χ1v) is 19.3. The number of hydrogen-bond acceptors (Lipinski definition) is 5. The van der Waals surface area contributed by atoms with Crippen molar-refractivity contribution in [1.82, 2.24) is 19.6 Å². The molecule has 10 heteroatoms. The van der Waals surface area contributed by atoms with E-state index in [1.807, 2.05) is 102 Å². The number of ketones is 1. The lowest BCUT2D eigenvalue weighted by molar-refractivity contribution is -0.221. The van der Waals surface area contributed by atoms with Crippen molar-refractivity contribution >= 4 is 79.3 Å². The maximum Gasteiger partial charge on any atom is 0.239 e. The van der Waals surface area contributed by atoms with Crippen LogP contribution < -0.4 is 0 Å². The number of rotatable bonds is 10. The van der Waals surface area contributed by atoms with Gasteiger partial charge in [-0.05, 0) is 144 Å². The van der Waals surface area contributed by atoms with E-state index < -0.39 is 17.6 Å². The molecule has 1 aliphatic heterocycles. The largest absolute Gasteiger partial charge is 0.458 e. The normalized spacial score (nSPS) is 19.9. The minimum absolute atomic E-state index is 0.00264. The highest BCUT2D eigenvalue weighted by Crippen LogP contribution is 2.55. The van der Waals surface area contributed by atoms with Gasteiger partial charge in [-0.1, -0.05) is 36.4 Å². The lowest BCUT2D eigenvalue weighted by Gasteiger charge is -2.47. The standard InChI is InChI=1S/C38H37I3N4O3/c1-5-44-21-33(23(3)42-44)31(19-35(46)25-7-13-28(39)14-8-25)37-32(34-22-45(6-2)43-24(34)4)20-36(26-9-15-29(40)16-10-26)48-38(37,47)27-11-17-30(41)18-12-27/h7-18,20-22,31-32,37,47H,5-6,19H2,1-4H3/t31-,32-,37+,38-/m0/s1. The average Bonchev–Trinajstić information content (AvgIpc) is 3.65. The summed E-state index contributed by atoms with van der Waals surface area (Å²) < 4.78 is 13.9. The van der Waals surface area contributed by atoms with Crippen molar-refractivity contribution < 1.29 is 14.6 Å². The molecule has 1 aliphatic rings. The van der Waals surface area contributed by atoms with Gasteiger partial charge in [-0.3, -0.25) is 14.2 Å². The minimum atomic E-state index is -1.82. The summed E-state index contributed by atoms with van der Waals surface area (Å²) in [5, 5.41) is 23.0. The van der Waals surface area contributed by atoms with Crippen LogP contribution in [-0.2, 0) is 23.6 Å². The smallest absolute Gasteiger partial charge is 0.239 e. The third-order valence-corrected chi connectivity index (χ3v) is 11.4. The second-order valence-corrected chi connectivity index (χ2v) is 15.9. The zero-order chi connectivity index (χ0) is 34.2. The van der Waals surface area contributed by atoms with Crippen LogP contribution in [0, 0.1) is 30.5 Å². The highest BCUT2D eigenvalue weighted by atomic mass is 127. The van der Waals surface area contributed by atoms with E-state index in [1.54, 1.807) is 0 Å². The summed E-state index contributed by atoms with van der Waals surface area (Å²) in [6.45, 7) is 9.51. The number of benzene rings is 3. The van der Waals surface area contributed by atoms with Crippen molar-refractivity contribution in [3.05, 3.63) is 141 Å². The Kier molecular flexibility index (Phi) is 10.8. The van der Waals surface area contributed by atoms with Crippen LogP contribution in [0.4, 0.5) is 0 Å². The molecule has 48 heavy (non-hydrogen) atoms. The predicted octanol–water partition coefficient (Wildman–Crippen LogP) is 9.22. The second-order valence-electron chi connectivity index (χ2n) is 12.2. The Morgan fingerprint density at radius 3 is 1.94 bits per heavy atom. The topological polar surface area (TPSA) is 82.2 Å². The molecular formula is C38H37I3N4O3. The molecule has 6 rings (SSSR count). The number of allylic oxidation sites excluding steroid dienone is 1. The van der Waals surface area contributed by atoms with Gasteiger partial charge < -0.3 is 9.84 Å². The summed E-state index contributed by atoms with van der Waals surface area (Å²) in [6.07, 6.45) is 6.39. The molecule has 0 bridgehead atoms. The molecule has 248 valence electrons. The van der Waals surface area contributed by atoms with Gasteiger partial charge in [-0.25, -0.2) is 0 Å². The Bertz CT molecular complexity index is 1950. The number of aliphatic hydroxyl groups is 1. The van der Waals surface area contributed by atoms with Crippen LogP contribution >= 0.6 is 67.8 Å². The van der Waals surface area contributed by atoms with Gasteiger partial charge >= 0.3 is 0 Å². The summed E-state index contributed by atoms with van der Waals surface area (Å²) in [4.78, 5) is 14.3. The summed E-state index contributed by atoms with van der Waals surface area (Å²) in [7, 11) is 0. The van der Waals surface area contributed by atoms with E-state index in [2.05, 4.69) is 93.9 Å². The number of aromatic nitrogens is 4. The predicted molar refractivity (Wildman–Crippen MR) is 214 cm³/mol. The van der Waals surface area contributed by atoms with Gasteiger partial charge in [-0.15, -0.1) is 0 Å². The van der Waals surface area contributed by atoms with Crippen molar-refractivity contribution in [1.29, 1.82) is 0 Å². The Balaban J connectivity index is 1.63. The number of carbonyl (C=O) groups excluding carboxylic acids is 1. The zero-order valence-electron chi connectivity index (χ0n) is 27.2. The first kappa shape index (κ1) is 35.3. The lowest BCUT2D eigenvalue weighted by atomic mass is 9.66. The fraction of sp³-hybridized carbons (Fsp3) is 0.289. The lowest BCUT2D eigenvalue weighted by Crippen LogP contribution is -2.46. The molecule has 0 radical (unpaired) electrons. The number of ether oxygens (including phenoxy) is 1. The monoisotopic (exact) mass is 978 g/mol. The number of nitrogens with zero attached hydrogens (tertiary/aromatic N) is 4. The van der Waals surface area contributed by atoms with E-state index in [0.29, 0.717) is 30.0 Å².